The Hall–Kier alpha value is -1.95. The largest absolute Gasteiger partial charge is 0.361 e. The van der Waals surface area contributed by atoms with Gasteiger partial charge in [0.1, 0.15) is 0 Å². The van der Waals surface area contributed by atoms with Crippen LogP contribution in [0.25, 0.3) is 0 Å². The van der Waals surface area contributed by atoms with Crippen molar-refractivity contribution < 1.29 is 8.42 Å². The molecule has 7 nitrogen and oxygen atoms in total. The number of hydrogen-bond acceptors (Lipinski definition) is 5. The predicted molar refractivity (Wildman–Crippen MR) is 203 cm³/mol. The summed E-state index contributed by atoms with van der Waals surface area (Å²) in [4.78, 5) is 4.43. The highest BCUT2D eigenvalue weighted by atomic mass is 35.5. The SMILES string of the molecule is CN(C)S(=O)(=O)N1CCN(c2ccc(Cl)cc2Cl)C(c2ccc(Cl)cc2)C1.Clc1ccc(C2CNCCN2c2ccc(Cl)cc2Cl)cc1. The Kier molecular flexibility index (Phi) is 12.7. The Bertz CT molecular complexity index is 1810. The summed E-state index contributed by atoms with van der Waals surface area (Å²) < 4.78 is 28.0. The van der Waals surface area contributed by atoms with Crippen LogP contribution in [0.4, 0.5) is 11.4 Å². The summed E-state index contributed by atoms with van der Waals surface area (Å²) in [5.74, 6) is 0. The Balaban J connectivity index is 0.000000194. The molecule has 0 spiro atoms. The molecule has 2 heterocycles. The lowest BCUT2D eigenvalue weighted by molar-refractivity contribution is 0.316. The first-order chi connectivity index (χ1) is 22.8. The smallest absolute Gasteiger partial charge is 0.281 e. The lowest BCUT2D eigenvalue weighted by Crippen LogP contribution is -2.53. The Morgan fingerprint density at radius 3 is 1.56 bits per heavy atom. The molecule has 2 saturated heterocycles. The molecule has 48 heavy (non-hydrogen) atoms. The van der Waals surface area contributed by atoms with Gasteiger partial charge in [-0.2, -0.15) is 17.0 Å². The summed E-state index contributed by atoms with van der Waals surface area (Å²) >= 11 is 36.8. The van der Waals surface area contributed by atoms with E-state index in [0.29, 0.717) is 44.7 Å². The van der Waals surface area contributed by atoms with E-state index >= 15 is 0 Å². The van der Waals surface area contributed by atoms with E-state index in [4.69, 9.17) is 69.6 Å². The lowest BCUT2D eigenvalue weighted by Gasteiger charge is -2.43. The Morgan fingerprint density at radius 2 is 1.08 bits per heavy atom. The fourth-order valence-electron chi connectivity index (χ4n) is 5.86. The van der Waals surface area contributed by atoms with Gasteiger partial charge in [0.15, 0.2) is 0 Å². The van der Waals surface area contributed by atoms with E-state index < -0.39 is 10.2 Å². The summed E-state index contributed by atoms with van der Waals surface area (Å²) in [5, 5.41) is 7.24. The third-order valence-electron chi connectivity index (χ3n) is 8.32. The summed E-state index contributed by atoms with van der Waals surface area (Å²) in [6, 6.07) is 26.4. The maximum Gasteiger partial charge on any atom is 0.281 e. The second kappa shape index (κ2) is 16.4. The van der Waals surface area contributed by atoms with Crippen LogP contribution in [0.5, 0.6) is 0 Å². The molecule has 1 N–H and O–H groups in total. The molecule has 4 aromatic carbocycles. The highest BCUT2D eigenvalue weighted by molar-refractivity contribution is 7.86. The van der Waals surface area contributed by atoms with Crippen LogP contribution in [0.3, 0.4) is 0 Å². The van der Waals surface area contributed by atoms with Crippen LogP contribution in [0.1, 0.15) is 23.2 Å². The van der Waals surface area contributed by atoms with E-state index in [1.165, 1.54) is 28.3 Å². The molecular weight excluding hydrogens is 755 g/mol. The molecule has 6 rings (SSSR count). The average molecular weight is 790 g/mol. The van der Waals surface area contributed by atoms with Crippen LogP contribution in [0.15, 0.2) is 84.9 Å². The van der Waals surface area contributed by atoms with Crippen molar-refractivity contribution in [2.45, 2.75) is 12.1 Å². The van der Waals surface area contributed by atoms with Gasteiger partial charge in [0, 0.05) is 73.5 Å². The first-order valence-electron chi connectivity index (χ1n) is 15.2. The van der Waals surface area contributed by atoms with Crippen LogP contribution in [-0.4, -0.2) is 70.4 Å². The molecule has 0 amide bonds. The summed E-state index contributed by atoms with van der Waals surface area (Å²) in [7, 11) is -0.438. The van der Waals surface area contributed by atoms with Crippen LogP contribution in [0.2, 0.25) is 30.1 Å². The van der Waals surface area contributed by atoms with Crippen molar-refractivity contribution in [1.82, 2.24) is 13.9 Å². The molecule has 2 atom stereocenters. The van der Waals surface area contributed by atoms with Gasteiger partial charge in [-0.25, -0.2) is 0 Å². The molecule has 2 unspecified atom stereocenters. The minimum absolute atomic E-state index is 0.204. The van der Waals surface area contributed by atoms with Gasteiger partial charge in [0.05, 0.1) is 33.5 Å². The van der Waals surface area contributed by atoms with Crippen molar-refractivity contribution in [3.63, 3.8) is 0 Å². The van der Waals surface area contributed by atoms with Crippen LogP contribution in [0, 0.1) is 0 Å². The zero-order chi connectivity index (χ0) is 34.6. The molecule has 256 valence electrons. The first-order valence-corrected chi connectivity index (χ1v) is 18.8. The standard InChI is InChI=1S/C18H20Cl3N3O2S.C16H15Cl3N2/c1-22(2)27(25,26)23-9-10-24(17-8-7-15(20)11-16(17)21)18(12-23)13-3-5-14(19)6-4-13;17-12-3-1-11(2-4-12)16-10-20-7-8-21(16)15-6-5-13(18)9-14(15)19/h3-8,11,18H,9-10,12H2,1-2H3;1-6,9,16,20H,7-8,10H2. The number of piperazine rings is 2. The van der Waals surface area contributed by atoms with Crippen LogP contribution >= 0.6 is 69.6 Å². The van der Waals surface area contributed by atoms with Crippen molar-refractivity contribution in [2.75, 3.05) is 63.2 Å². The number of halogens is 6. The van der Waals surface area contributed by atoms with E-state index in [9.17, 15) is 8.42 Å². The molecule has 14 heteroatoms. The minimum Gasteiger partial charge on any atom is -0.361 e. The van der Waals surface area contributed by atoms with Gasteiger partial charge < -0.3 is 15.1 Å². The molecule has 2 aliphatic heterocycles. The van der Waals surface area contributed by atoms with E-state index in [0.717, 1.165) is 41.6 Å². The summed E-state index contributed by atoms with van der Waals surface area (Å²) in [5.41, 5.74) is 4.02. The van der Waals surface area contributed by atoms with E-state index in [2.05, 4.69) is 27.2 Å². The second-order valence-electron chi connectivity index (χ2n) is 11.6. The van der Waals surface area contributed by atoms with Gasteiger partial charge in [-0.3, -0.25) is 0 Å². The molecule has 2 aliphatic rings. The molecule has 0 bridgehead atoms. The zero-order valence-electron chi connectivity index (χ0n) is 26.3. The second-order valence-corrected chi connectivity index (χ2v) is 16.3. The fourth-order valence-corrected chi connectivity index (χ4v) is 8.25. The average Bonchev–Trinajstić information content (AvgIpc) is 3.06. The number of nitrogens with one attached hydrogen (secondary N) is 1. The highest BCUT2D eigenvalue weighted by Crippen LogP contribution is 2.38. The van der Waals surface area contributed by atoms with E-state index in [-0.39, 0.29) is 12.1 Å². The highest BCUT2D eigenvalue weighted by Gasteiger charge is 2.36. The van der Waals surface area contributed by atoms with Gasteiger partial charge in [0.25, 0.3) is 10.2 Å². The fraction of sp³-hybridized carbons (Fsp3) is 0.294. The summed E-state index contributed by atoms with van der Waals surface area (Å²) in [6.07, 6.45) is 0. The quantitative estimate of drug-likeness (QED) is 0.211. The van der Waals surface area contributed by atoms with Gasteiger partial charge >= 0.3 is 0 Å². The number of benzene rings is 4. The molecule has 0 radical (unpaired) electrons. The van der Waals surface area contributed by atoms with E-state index in [1.807, 2.05) is 42.5 Å². The van der Waals surface area contributed by atoms with Crippen molar-refractivity contribution in [1.29, 1.82) is 0 Å². The molecule has 0 aliphatic carbocycles. The topological polar surface area (TPSA) is 59.1 Å². The molecule has 4 aromatic rings. The van der Waals surface area contributed by atoms with Gasteiger partial charge in [-0.05, 0) is 71.8 Å². The monoisotopic (exact) mass is 787 g/mol. The number of rotatable bonds is 6. The third-order valence-corrected chi connectivity index (χ3v) is 11.8. The first kappa shape index (κ1) is 37.3. The van der Waals surface area contributed by atoms with Crippen LogP contribution < -0.4 is 15.1 Å². The minimum atomic E-state index is -3.51. The molecule has 0 saturated carbocycles. The third kappa shape index (κ3) is 8.85. The molecule has 2 fully saturated rings. The van der Waals surface area contributed by atoms with Crippen molar-refractivity contribution in [3.05, 3.63) is 126 Å². The van der Waals surface area contributed by atoms with Crippen molar-refractivity contribution in [3.8, 4) is 0 Å². The van der Waals surface area contributed by atoms with Gasteiger partial charge in [-0.15, -0.1) is 0 Å². The van der Waals surface area contributed by atoms with Crippen molar-refractivity contribution >= 4 is 91.2 Å². The van der Waals surface area contributed by atoms with Gasteiger partial charge in [0.2, 0.25) is 0 Å². The van der Waals surface area contributed by atoms with Gasteiger partial charge in [-0.1, -0.05) is 93.9 Å². The number of anilines is 2. The normalized spacial score (nSPS) is 18.9. The lowest BCUT2D eigenvalue weighted by atomic mass is 10.0. The van der Waals surface area contributed by atoms with Crippen LogP contribution in [-0.2, 0) is 10.2 Å². The number of hydrogen-bond donors (Lipinski definition) is 1. The Labute approximate surface area is 313 Å². The Morgan fingerprint density at radius 1 is 0.625 bits per heavy atom. The maximum atomic E-state index is 12.6. The molecule has 0 aromatic heterocycles. The summed E-state index contributed by atoms with van der Waals surface area (Å²) in [6.45, 7) is 3.88. The van der Waals surface area contributed by atoms with Crippen molar-refractivity contribution in [2.24, 2.45) is 0 Å². The predicted octanol–water partition coefficient (Wildman–Crippen LogP) is 9.11. The maximum absolute atomic E-state index is 12.6. The van der Waals surface area contributed by atoms with E-state index in [1.54, 1.807) is 30.3 Å². The zero-order valence-corrected chi connectivity index (χ0v) is 31.6. The number of nitrogens with zero attached hydrogens (tertiary/aromatic N) is 4. The molecular formula is C34H35Cl6N5O2S.